The first-order valence-corrected chi connectivity index (χ1v) is 9.35. The third kappa shape index (κ3) is 5.89. The fourth-order valence-electron chi connectivity index (χ4n) is 2.43. The molecule has 3 rings (SSSR count). The van der Waals surface area contributed by atoms with Crippen LogP contribution in [-0.4, -0.2) is 60.3 Å². The van der Waals surface area contributed by atoms with E-state index in [4.69, 9.17) is 5.73 Å². The molecule has 2 aromatic carbocycles. The molecule has 8 nitrogen and oxygen atoms in total. The molecule has 0 spiro atoms. The van der Waals surface area contributed by atoms with Crippen molar-refractivity contribution in [3.8, 4) is 5.88 Å². The molecule has 0 bridgehead atoms. The monoisotopic (exact) mass is 450 g/mol. The van der Waals surface area contributed by atoms with Crippen molar-refractivity contribution in [1.82, 2.24) is 4.98 Å². The molecule has 0 aliphatic carbocycles. The van der Waals surface area contributed by atoms with E-state index in [1.54, 1.807) is 18.2 Å². The van der Waals surface area contributed by atoms with E-state index >= 15 is 0 Å². The third-order valence-corrected chi connectivity index (χ3v) is 4.58. The Morgan fingerprint density at radius 3 is 2.33 bits per heavy atom. The van der Waals surface area contributed by atoms with Crippen LogP contribution in [0, 0.1) is 0 Å². The van der Waals surface area contributed by atoms with Crippen molar-refractivity contribution < 1.29 is 30.9 Å². The van der Waals surface area contributed by atoms with Crippen molar-refractivity contribution in [2.75, 3.05) is 12.3 Å². The van der Waals surface area contributed by atoms with E-state index in [0.717, 1.165) is 12.3 Å². The number of pyridine rings is 1. The zero-order valence-electron chi connectivity index (χ0n) is 14.5. The molecule has 0 saturated carbocycles. The first kappa shape index (κ1) is 24.0. The normalized spacial score (nSPS) is 12.1. The van der Waals surface area contributed by atoms with Gasteiger partial charge in [-0.25, -0.2) is 4.98 Å². The van der Waals surface area contributed by atoms with Gasteiger partial charge in [-0.05, 0) is 12.1 Å². The van der Waals surface area contributed by atoms with Crippen LogP contribution in [0.4, 0.5) is 30.2 Å². The topological polar surface area (TPSA) is 127 Å². The molecule has 0 radical (unpaired) electrons. The summed E-state index contributed by atoms with van der Waals surface area (Å²) in [6, 6.07) is 9.83. The summed E-state index contributed by atoms with van der Waals surface area (Å²) in [5.74, 6) is -0.250. The van der Waals surface area contributed by atoms with Crippen LogP contribution < -0.4 is 10.5 Å². The Morgan fingerprint density at radius 2 is 1.77 bits per heavy atom. The van der Waals surface area contributed by atoms with Crippen molar-refractivity contribution in [3.05, 3.63) is 48.7 Å². The van der Waals surface area contributed by atoms with Gasteiger partial charge in [0.15, 0.2) is 6.61 Å². The van der Waals surface area contributed by atoms with Crippen molar-refractivity contribution >= 4 is 67.5 Å². The Balaban J connectivity index is 0.00000320. The average Bonchev–Trinajstić information content (AvgIpc) is 2.65. The SMILES string of the molecule is Nc1c(N=Nc2ccc(OCC(F)(F)F)nc2)cc(S(=O)(=O)O)c2ccccc12.[NaH]. The Kier molecular flexibility index (Phi) is 7.42. The van der Waals surface area contributed by atoms with E-state index in [1.165, 1.54) is 18.2 Å². The minimum atomic E-state index is -4.55. The molecule has 0 saturated heterocycles. The molecule has 0 unspecified atom stereocenters. The number of rotatable bonds is 5. The number of nitrogens with two attached hydrogens (primary N) is 1. The van der Waals surface area contributed by atoms with Crippen LogP contribution in [0.15, 0.2) is 63.8 Å². The predicted octanol–water partition coefficient (Wildman–Crippen LogP) is 3.77. The maximum absolute atomic E-state index is 12.1. The summed E-state index contributed by atoms with van der Waals surface area (Å²) in [4.78, 5) is 3.30. The summed E-state index contributed by atoms with van der Waals surface area (Å²) in [5, 5.41) is 8.30. The quantitative estimate of drug-likeness (QED) is 0.264. The Morgan fingerprint density at radius 1 is 1.10 bits per heavy atom. The van der Waals surface area contributed by atoms with E-state index < -0.39 is 22.9 Å². The molecular weight excluding hydrogens is 436 g/mol. The second-order valence-corrected chi connectivity index (χ2v) is 7.18. The first-order chi connectivity index (χ1) is 13.5. The van der Waals surface area contributed by atoms with Crippen molar-refractivity contribution in [2.24, 2.45) is 10.2 Å². The molecule has 154 valence electrons. The average molecular weight is 450 g/mol. The molecule has 0 atom stereocenters. The molecule has 0 aliphatic heterocycles. The maximum atomic E-state index is 12.1. The van der Waals surface area contributed by atoms with Crippen LogP contribution in [0.5, 0.6) is 5.88 Å². The van der Waals surface area contributed by atoms with Gasteiger partial charge in [-0.3, -0.25) is 4.55 Å². The molecule has 3 N–H and O–H groups in total. The molecular formula is C17H14F3N4NaO4S. The number of benzene rings is 2. The van der Waals surface area contributed by atoms with Gasteiger partial charge >= 0.3 is 35.7 Å². The third-order valence-electron chi connectivity index (χ3n) is 3.68. The number of ether oxygens (including phenoxy) is 1. The molecule has 1 heterocycles. The van der Waals surface area contributed by atoms with Crippen LogP contribution >= 0.6 is 0 Å². The molecule has 1 aromatic heterocycles. The summed E-state index contributed by atoms with van der Waals surface area (Å²) < 4.78 is 73.8. The van der Waals surface area contributed by atoms with Crippen LogP contribution in [-0.2, 0) is 10.1 Å². The summed E-state index contributed by atoms with van der Waals surface area (Å²) in [5.41, 5.74) is 6.30. The van der Waals surface area contributed by atoms with Gasteiger partial charge in [0, 0.05) is 16.8 Å². The minimum absolute atomic E-state index is 0. The van der Waals surface area contributed by atoms with Gasteiger partial charge in [-0.15, -0.1) is 10.2 Å². The fraction of sp³-hybridized carbons (Fsp3) is 0.118. The number of alkyl halides is 3. The summed E-state index contributed by atoms with van der Waals surface area (Å²) in [7, 11) is -4.55. The molecule has 0 amide bonds. The number of nitrogen functional groups attached to an aromatic ring is 1. The van der Waals surface area contributed by atoms with Gasteiger partial charge in [0.2, 0.25) is 5.88 Å². The number of fused-ring (bicyclic) bond motifs is 1. The Bertz CT molecular complexity index is 1190. The first-order valence-electron chi connectivity index (χ1n) is 7.91. The van der Waals surface area contributed by atoms with Crippen molar-refractivity contribution in [1.29, 1.82) is 0 Å². The number of hydrogen-bond donors (Lipinski definition) is 2. The van der Waals surface area contributed by atoms with E-state index in [9.17, 15) is 26.1 Å². The van der Waals surface area contributed by atoms with Crippen molar-refractivity contribution in [2.45, 2.75) is 11.1 Å². The van der Waals surface area contributed by atoms with Gasteiger partial charge in [-0.1, -0.05) is 24.3 Å². The van der Waals surface area contributed by atoms with Crippen LogP contribution in [0.25, 0.3) is 10.8 Å². The standard InChI is InChI=1S/C17H13F3N4O4S.Na.H/c18-17(19,20)9-28-15-6-5-10(8-22-15)23-24-13-7-14(29(25,26)27)11-3-1-2-4-12(11)16(13)21;;/h1-8H,9,21H2,(H,25,26,27);;. The predicted molar refractivity (Wildman–Crippen MR) is 105 cm³/mol. The summed E-state index contributed by atoms with van der Waals surface area (Å²) >= 11 is 0. The van der Waals surface area contributed by atoms with Gasteiger partial charge in [-0.2, -0.15) is 21.6 Å². The van der Waals surface area contributed by atoms with Crippen LogP contribution in [0.3, 0.4) is 0 Å². The number of nitrogens with zero attached hydrogens (tertiary/aromatic N) is 3. The van der Waals surface area contributed by atoms with Gasteiger partial charge in [0.25, 0.3) is 10.1 Å². The zero-order chi connectivity index (χ0) is 21.2. The molecule has 0 fully saturated rings. The zero-order valence-corrected chi connectivity index (χ0v) is 15.3. The summed E-state index contributed by atoms with van der Waals surface area (Å²) in [6.07, 6.45) is -3.37. The Labute approximate surface area is 191 Å². The molecule has 13 heteroatoms. The number of halogens is 3. The van der Waals surface area contributed by atoms with E-state index in [-0.39, 0.29) is 62.8 Å². The second-order valence-electron chi connectivity index (χ2n) is 5.79. The van der Waals surface area contributed by atoms with E-state index in [0.29, 0.717) is 5.39 Å². The second kappa shape index (κ2) is 9.27. The number of hydrogen-bond acceptors (Lipinski definition) is 7. The van der Waals surface area contributed by atoms with Crippen LogP contribution in [0.1, 0.15) is 0 Å². The van der Waals surface area contributed by atoms with Gasteiger partial charge in [0.05, 0.1) is 11.9 Å². The summed E-state index contributed by atoms with van der Waals surface area (Å²) in [6.45, 7) is -1.48. The van der Waals surface area contributed by atoms with E-state index in [1.807, 2.05) is 0 Å². The van der Waals surface area contributed by atoms with Gasteiger partial charge < -0.3 is 10.5 Å². The van der Waals surface area contributed by atoms with Crippen molar-refractivity contribution in [3.63, 3.8) is 0 Å². The van der Waals surface area contributed by atoms with Crippen LogP contribution in [0.2, 0.25) is 0 Å². The Hall–Kier alpha value is -2.25. The van der Waals surface area contributed by atoms with Gasteiger partial charge in [0.1, 0.15) is 16.3 Å². The number of aromatic nitrogens is 1. The molecule has 30 heavy (non-hydrogen) atoms. The molecule has 0 aliphatic rings. The molecule has 3 aromatic rings. The fourth-order valence-corrected chi connectivity index (χ4v) is 3.15. The number of azo groups is 1. The van der Waals surface area contributed by atoms with E-state index in [2.05, 4.69) is 19.9 Å². The number of anilines is 1.